The van der Waals surface area contributed by atoms with Crippen LogP contribution < -0.4 is 0 Å². The Kier molecular flexibility index (Phi) is 7.82. The van der Waals surface area contributed by atoms with E-state index in [2.05, 4.69) is 31.5 Å². The first-order chi connectivity index (χ1) is 15.3. The standard InChI is InChI=1S/C25H31FN4O/c26-25-9-2-1-7-23(25)20-30-13-4-8-24(30)21-29(19-22-6-3-10-27-18-22)12-5-11-28-14-16-31-17-15-28/h1-4,6-10,13,18H,5,11-12,14-17,19-21H2. The molecule has 164 valence electrons. The van der Waals surface area contributed by atoms with Gasteiger partial charge in [0.25, 0.3) is 0 Å². The molecule has 6 heteroatoms. The highest BCUT2D eigenvalue weighted by Crippen LogP contribution is 2.15. The highest BCUT2D eigenvalue weighted by Gasteiger charge is 2.14. The summed E-state index contributed by atoms with van der Waals surface area (Å²) in [7, 11) is 0. The third-order valence-corrected chi connectivity index (χ3v) is 5.79. The molecule has 0 atom stereocenters. The number of halogens is 1. The Labute approximate surface area is 184 Å². The molecule has 4 rings (SSSR count). The number of rotatable bonds is 10. The van der Waals surface area contributed by atoms with Crippen molar-refractivity contribution < 1.29 is 9.13 Å². The van der Waals surface area contributed by atoms with E-state index in [4.69, 9.17) is 4.74 Å². The zero-order valence-electron chi connectivity index (χ0n) is 18.0. The number of pyridine rings is 1. The topological polar surface area (TPSA) is 33.5 Å². The SMILES string of the molecule is Fc1ccccc1Cn1cccc1CN(CCCN1CCOCC1)Cc1cccnc1. The van der Waals surface area contributed by atoms with Gasteiger partial charge in [-0.05, 0) is 42.8 Å². The number of hydrogen-bond acceptors (Lipinski definition) is 4. The zero-order chi connectivity index (χ0) is 21.3. The van der Waals surface area contributed by atoms with Gasteiger partial charge in [0.05, 0.1) is 19.8 Å². The van der Waals surface area contributed by atoms with E-state index >= 15 is 0 Å². The molecular weight excluding hydrogens is 391 g/mol. The van der Waals surface area contributed by atoms with Gasteiger partial charge in [-0.1, -0.05) is 24.3 Å². The van der Waals surface area contributed by atoms with E-state index in [1.165, 1.54) is 17.3 Å². The van der Waals surface area contributed by atoms with E-state index in [9.17, 15) is 4.39 Å². The molecule has 1 aliphatic rings. The molecule has 1 fully saturated rings. The van der Waals surface area contributed by atoms with Crippen molar-refractivity contribution in [1.29, 1.82) is 0 Å². The fourth-order valence-electron chi connectivity index (χ4n) is 4.09. The van der Waals surface area contributed by atoms with E-state index in [0.29, 0.717) is 12.1 Å². The molecule has 0 spiro atoms. The number of hydrogen-bond donors (Lipinski definition) is 0. The molecule has 0 unspecified atom stereocenters. The molecule has 0 bridgehead atoms. The first-order valence-electron chi connectivity index (χ1n) is 11.1. The summed E-state index contributed by atoms with van der Waals surface area (Å²) in [6.45, 7) is 8.01. The molecule has 0 saturated carbocycles. The minimum absolute atomic E-state index is 0.153. The summed E-state index contributed by atoms with van der Waals surface area (Å²) >= 11 is 0. The molecule has 2 aromatic heterocycles. The van der Waals surface area contributed by atoms with Crippen LogP contribution in [-0.4, -0.2) is 58.7 Å². The Balaban J connectivity index is 1.41. The number of benzene rings is 1. The predicted molar refractivity (Wildman–Crippen MR) is 120 cm³/mol. The van der Waals surface area contributed by atoms with Crippen molar-refractivity contribution in [1.82, 2.24) is 19.4 Å². The molecule has 31 heavy (non-hydrogen) atoms. The van der Waals surface area contributed by atoms with Gasteiger partial charge in [0.2, 0.25) is 0 Å². The molecule has 5 nitrogen and oxygen atoms in total. The van der Waals surface area contributed by atoms with Crippen LogP contribution in [0.5, 0.6) is 0 Å². The van der Waals surface area contributed by atoms with E-state index in [1.54, 1.807) is 6.07 Å². The van der Waals surface area contributed by atoms with Crippen LogP contribution in [0.15, 0.2) is 67.1 Å². The average molecular weight is 423 g/mol. The Morgan fingerprint density at radius 1 is 1.00 bits per heavy atom. The van der Waals surface area contributed by atoms with Crippen molar-refractivity contribution in [3.05, 3.63) is 89.8 Å². The predicted octanol–water partition coefficient (Wildman–Crippen LogP) is 3.80. The van der Waals surface area contributed by atoms with E-state index in [-0.39, 0.29) is 5.82 Å². The van der Waals surface area contributed by atoms with Gasteiger partial charge < -0.3 is 9.30 Å². The summed E-state index contributed by atoms with van der Waals surface area (Å²) in [4.78, 5) is 9.22. The van der Waals surface area contributed by atoms with Crippen molar-refractivity contribution in [2.45, 2.75) is 26.1 Å². The maximum absolute atomic E-state index is 14.2. The fourth-order valence-corrected chi connectivity index (χ4v) is 4.09. The molecular formula is C25H31FN4O. The lowest BCUT2D eigenvalue weighted by atomic mass is 10.2. The van der Waals surface area contributed by atoms with Crippen molar-refractivity contribution in [3.63, 3.8) is 0 Å². The second-order valence-electron chi connectivity index (χ2n) is 8.10. The lowest BCUT2D eigenvalue weighted by molar-refractivity contribution is 0.0358. The molecule has 3 aromatic rings. The number of nitrogens with zero attached hydrogens (tertiary/aromatic N) is 4. The molecule has 0 radical (unpaired) electrons. The monoisotopic (exact) mass is 422 g/mol. The second-order valence-corrected chi connectivity index (χ2v) is 8.10. The maximum atomic E-state index is 14.2. The van der Waals surface area contributed by atoms with Crippen LogP contribution in [0.25, 0.3) is 0 Å². The number of morpholine rings is 1. The first-order valence-corrected chi connectivity index (χ1v) is 11.1. The van der Waals surface area contributed by atoms with Crippen LogP contribution >= 0.6 is 0 Å². The van der Waals surface area contributed by atoms with Crippen molar-refractivity contribution >= 4 is 0 Å². The van der Waals surface area contributed by atoms with E-state index in [0.717, 1.165) is 58.9 Å². The Morgan fingerprint density at radius 2 is 1.87 bits per heavy atom. The molecule has 1 aliphatic heterocycles. The van der Waals surface area contributed by atoms with Crippen molar-refractivity contribution in [2.24, 2.45) is 0 Å². The summed E-state index contributed by atoms with van der Waals surface area (Å²) in [6.07, 6.45) is 6.89. The Hall–Kier alpha value is -2.54. The van der Waals surface area contributed by atoms with Gasteiger partial charge in [-0.3, -0.25) is 14.8 Å². The summed E-state index contributed by atoms with van der Waals surface area (Å²) in [5.41, 5.74) is 3.12. The van der Waals surface area contributed by atoms with Crippen molar-refractivity contribution in [3.8, 4) is 0 Å². The number of aromatic nitrogens is 2. The first kappa shape index (κ1) is 21.7. The second kappa shape index (κ2) is 11.2. The third-order valence-electron chi connectivity index (χ3n) is 5.79. The molecule has 0 amide bonds. The van der Waals surface area contributed by atoms with Crippen LogP contribution in [-0.2, 0) is 24.4 Å². The summed E-state index contributed by atoms with van der Waals surface area (Å²) < 4.78 is 21.8. The highest BCUT2D eigenvalue weighted by molar-refractivity contribution is 5.20. The van der Waals surface area contributed by atoms with E-state index < -0.39 is 0 Å². The maximum Gasteiger partial charge on any atom is 0.128 e. The van der Waals surface area contributed by atoms with Gasteiger partial charge in [0.15, 0.2) is 0 Å². The quantitative estimate of drug-likeness (QED) is 0.498. The molecule has 3 heterocycles. The van der Waals surface area contributed by atoms with Crippen LogP contribution in [0.2, 0.25) is 0 Å². The smallest absolute Gasteiger partial charge is 0.128 e. The van der Waals surface area contributed by atoms with Gasteiger partial charge in [-0.25, -0.2) is 4.39 Å². The van der Waals surface area contributed by atoms with Gasteiger partial charge in [0, 0.05) is 62.6 Å². The molecule has 1 saturated heterocycles. The van der Waals surface area contributed by atoms with Crippen molar-refractivity contribution in [2.75, 3.05) is 39.4 Å². The summed E-state index contributed by atoms with van der Waals surface area (Å²) in [6, 6.07) is 15.3. The normalized spacial score (nSPS) is 14.9. The third kappa shape index (κ3) is 6.47. The Bertz CT molecular complexity index is 924. The zero-order valence-corrected chi connectivity index (χ0v) is 18.0. The highest BCUT2D eigenvalue weighted by atomic mass is 19.1. The van der Waals surface area contributed by atoms with Gasteiger partial charge >= 0.3 is 0 Å². The summed E-state index contributed by atoms with van der Waals surface area (Å²) in [5.74, 6) is -0.153. The average Bonchev–Trinajstić information content (AvgIpc) is 3.23. The van der Waals surface area contributed by atoms with Gasteiger partial charge in [-0.15, -0.1) is 0 Å². The molecule has 0 N–H and O–H groups in total. The Morgan fingerprint density at radius 3 is 2.68 bits per heavy atom. The van der Waals surface area contributed by atoms with Crippen LogP contribution in [0.3, 0.4) is 0 Å². The van der Waals surface area contributed by atoms with E-state index in [1.807, 2.05) is 42.9 Å². The lowest BCUT2D eigenvalue weighted by Crippen LogP contribution is -2.38. The number of ether oxygens (including phenoxy) is 1. The van der Waals surface area contributed by atoms with Gasteiger partial charge in [-0.2, -0.15) is 0 Å². The van der Waals surface area contributed by atoms with Crippen LogP contribution in [0.4, 0.5) is 4.39 Å². The molecule has 0 aliphatic carbocycles. The van der Waals surface area contributed by atoms with Crippen LogP contribution in [0, 0.1) is 5.82 Å². The largest absolute Gasteiger partial charge is 0.379 e. The fraction of sp³-hybridized carbons (Fsp3) is 0.400. The molecule has 1 aromatic carbocycles. The minimum Gasteiger partial charge on any atom is -0.379 e. The summed E-state index contributed by atoms with van der Waals surface area (Å²) in [5, 5.41) is 0. The van der Waals surface area contributed by atoms with Gasteiger partial charge in [0.1, 0.15) is 5.82 Å². The minimum atomic E-state index is -0.153. The lowest BCUT2D eigenvalue weighted by Gasteiger charge is -2.28. The van der Waals surface area contributed by atoms with Crippen LogP contribution in [0.1, 0.15) is 23.2 Å².